The molecule has 10 nitrogen and oxygen atoms in total. The Kier molecular flexibility index (Phi) is 6.71. The average Bonchev–Trinajstić information content (AvgIpc) is 3.44. The Morgan fingerprint density at radius 1 is 1.00 bits per heavy atom. The van der Waals surface area contributed by atoms with Gasteiger partial charge < -0.3 is 19.7 Å². The van der Waals surface area contributed by atoms with Gasteiger partial charge in [0.1, 0.15) is 17.5 Å². The maximum absolute atomic E-state index is 13.6. The van der Waals surface area contributed by atoms with Crippen LogP contribution in [0.4, 0.5) is 5.69 Å². The summed E-state index contributed by atoms with van der Waals surface area (Å²) in [7, 11) is 1.62. The number of aromatic hydroxyl groups is 1. The molecule has 4 aromatic rings. The maximum atomic E-state index is 13.6. The van der Waals surface area contributed by atoms with Crippen molar-refractivity contribution >= 4 is 16.6 Å². The van der Waals surface area contributed by atoms with E-state index >= 15 is 0 Å². The summed E-state index contributed by atoms with van der Waals surface area (Å²) in [5.41, 5.74) is 2.31. The molecule has 0 spiro atoms. The Bertz CT molecular complexity index is 1450. The highest BCUT2D eigenvalue weighted by molar-refractivity contribution is 5.80. The molecule has 0 unspecified atom stereocenters. The van der Waals surface area contributed by atoms with Gasteiger partial charge in [-0.3, -0.25) is 9.69 Å². The molecule has 1 saturated carbocycles. The lowest BCUT2D eigenvalue weighted by molar-refractivity contribution is 0.192. The molecule has 10 heteroatoms. The molecule has 0 radical (unpaired) electrons. The number of benzene rings is 2. The fourth-order valence-corrected chi connectivity index (χ4v) is 5.89. The van der Waals surface area contributed by atoms with E-state index in [1.807, 2.05) is 41.1 Å². The third kappa shape index (κ3) is 4.71. The first-order valence-corrected chi connectivity index (χ1v) is 13.4. The van der Waals surface area contributed by atoms with Crippen LogP contribution in [0.15, 0.2) is 53.3 Å². The van der Waals surface area contributed by atoms with Gasteiger partial charge in [-0.2, -0.15) is 0 Å². The number of hydrogen-bond acceptors (Lipinski definition) is 8. The van der Waals surface area contributed by atoms with E-state index < -0.39 is 0 Å². The van der Waals surface area contributed by atoms with Crippen molar-refractivity contribution in [2.45, 2.75) is 44.2 Å². The summed E-state index contributed by atoms with van der Waals surface area (Å²) in [4.78, 5) is 21.3. The molecule has 3 heterocycles. The molecule has 2 aromatic carbocycles. The Morgan fingerprint density at radius 2 is 1.76 bits per heavy atom. The van der Waals surface area contributed by atoms with Gasteiger partial charge in [0.2, 0.25) is 0 Å². The van der Waals surface area contributed by atoms with Crippen molar-refractivity contribution in [3.63, 3.8) is 0 Å². The first-order valence-electron chi connectivity index (χ1n) is 13.4. The second-order valence-corrected chi connectivity index (χ2v) is 10.2. The minimum Gasteiger partial charge on any atom is -0.508 e. The quantitative estimate of drug-likeness (QED) is 0.400. The van der Waals surface area contributed by atoms with E-state index in [4.69, 9.17) is 4.74 Å². The Labute approximate surface area is 220 Å². The van der Waals surface area contributed by atoms with Crippen LogP contribution < -0.4 is 15.2 Å². The number of methoxy groups -OCH3 is 1. The highest BCUT2D eigenvalue weighted by atomic mass is 16.5. The van der Waals surface area contributed by atoms with Crippen LogP contribution in [0.5, 0.6) is 11.5 Å². The number of aromatic amines is 1. The number of rotatable bonds is 6. The summed E-state index contributed by atoms with van der Waals surface area (Å²) in [6.45, 7) is 3.05. The fourth-order valence-electron chi connectivity index (χ4n) is 5.89. The molecule has 2 N–H and O–H groups in total. The molecule has 6 rings (SSSR count). The van der Waals surface area contributed by atoms with E-state index in [0.717, 1.165) is 61.4 Å². The molecule has 1 aliphatic carbocycles. The van der Waals surface area contributed by atoms with E-state index in [2.05, 4.69) is 30.3 Å². The lowest BCUT2D eigenvalue weighted by Gasteiger charge is -2.40. The molecule has 1 aliphatic heterocycles. The second kappa shape index (κ2) is 10.4. The minimum atomic E-state index is -0.371. The number of hydrogen-bond donors (Lipinski definition) is 2. The lowest BCUT2D eigenvalue weighted by Crippen LogP contribution is -2.49. The Hall–Kier alpha value is -3.92. The molecule has 1 saturated heterocycles. The van der Waals surface area contributed by atoms with Gasteiger partial charge in [-0.15, -0.1) is 5.10 Å². The Balaban J connectivity index is 1.38. The van der Waals surface area contributed by atoms with Gasteiger partial charge in [-0.05, 0) is 71.1 Å². The van der Waals surface area contributed by atoms with Crippen LogP contribution in [-0.4, -0.2) is 68.5 Å². The average molecular weight is 516 g/mol. The van der Waals surface area contributed by atoms with Gasteiger partial charge in [0.25, 0.3) is 5.56 Å². The predicted octanol–water partition coefficient (Wildman–Crippen LogP) is 3.65. The van der Waals surface area contributed by atoms with Crippen molar-refractivity contribution in [1.82, 2.24) is 30.1 Å². The third-order valence-electron chi connectivity index (χ3n) is 7.95. The number of ether oxygens (including phenoxy) is 1. The van der Waals surface area contributed by atoms with Gasteiger partial charge in [0.15, 0.2) is 5.82 Å². The number of tetrazole rings is 1. The summed E-state index contributed by atoms with van der Waals surface area (Å²) in [6.07, 6.45) is 5.67. The van der Waals surface area contributed by atoms with E-state index in [1.54, 1.807) is 19.2 Å². The molecule has 2 fully saturated rings. The molecule has 0 bridgehead atoms. The number of nitrogens with one attached hydrogen (secondary N) is 1. The molecule has 198 valence electrons. The minimum absolute atomic E-state index is 0.144. The van der Waals surface area contributed by atoms with Crippen molar-refractivity contribution < 1.29 is 9.84 Å². The number of piperazine rings is 1. The highest BCUT2D eigenvalue weighted by Crippen LogP contribution is 2.34. The summed E-state index contributed by atoms with van der Waals surface area (Å²) in [5, 5.41) is 23.7. The number of fused-ring (bicyclic) bond motifs is 1. The summed E-state index contributed by atoms with van der Waals surface area (Å²) >= 11 is 0. The van der Waals surface area contributed by atoms with E-state index in [0.29, 0.717) is 11.3 Å². The maximum Gasteiger partial charge on any atom is 0.253 e. The van der Waals surface area contributed by atoms with Crippen molar-refractivity contribution in [3.8, 4) is 11.5 Å². The molecule has 1 atom stereocenters. The molecule has 38 heavy (non-hydrogen) atoms. The zero-order valence-corrected chi connectivity index (χ0v) is 21.6. The van der Waals surface area contributed by atoms with Gasteiger partial charge in [0, 0.05) is 43.5 Å². The molecular weight excluding hydrogens is 482 g/mol. The predicted molar refractivity (Wildman–Crippen MR) is 145 cm³/mol. The van der Waals surface area contributed by atoms with Gasteiger partial charge in [-0.1, -0.05) is 19.3 Å². The topological polar surface area (TPSA) is 112 Å². The van der Waals surface area contributed by atoms with E-state index in [9.17, 15) is 9.90 Å². The normalized spacial score (nSPS) is 18.1. The zero-order chi connectivity index (χ0) is 26.1. The monoisotopic (exact) mass is 515 g/mol. The number of phenolic OH excluding ortho intramolecular Hbond substituents is 1. The molecule has 2 aromatic heterocycles. The first-order chi connectivity index (χ1) is 18.6. The van der Waals surface area contributed by atoms with Crippen LogP contribution in [0.3, 0.4) is 0 Å². The number of H-pyrrole nitrogens is 1. The summed E-state index contributed by atoms with van der Waals surface area (Å²) < 4.78 is 7.33. The first kappa shape index (κ1) is 24.4. The van der Waals surface area contributed by atoms with E-state index in [1.165, 1.54) is 19.3 Å². The lowest BCUT2D eigenvalue weighted by atomic mass is 9.95. The van der Waals surface area contributed by atoms with Crippen LogP contribution in [0.25, 0.3) is 10.9 Å². The van der Waals surface area contributed by atoms with Crippen molar-refractivity contribution in [3.05, 3.63) is 70.3 Å². The van der Waals surface area contributed by atoms with Crippen LogP contribution in [0, 0.1) is 0 Å². The Morgan fingerprint density at radius 3 is 2.50 bits per heavy atom. The highest BCUT2D eigenvalue weighted by Gasteiger charge is 2.34. The van der Waals surface area contributed by atoms with Gasteiger partial charge in [-0.25, -0.2) is 4.68 Å². The number of aromatic nitrogens is 5. The SMILES string of the molecule is COc1ccc2cc([C@@H](c3nnnn3C3CCCCC3)N3CCN(c4ccc(O)cc4)CC3)c(=O)[nH]c2c1. The zero-order valence-electron chi connectivity index (χ0n) is 21.6. The smallest absolute Gasteiger partial charge is 0.253 e. The largest absolute Gasteiger partial charge is 0.508 e. The van der Waals surface area contributed by atoms with Crippen LogP contribution in [0.2, 0.25) is 0 Å². The number of nitrogens with zero attached hydrogens (tertiary/aromatic N) is 6. The summed E-state index contributed by atoms with van der Waals surface area (Å²) in [6, 6.07) is 14.9. The van der Waals surface area contributed by atoms with Gasteiger partial charge in [0.05, 0.1) is 18.7 Å². The van der Waals surface area contributed by atoms with E-state index in [-0.39, 0.29) is 23.4 Å². The molecule has 2 aliphatic rings. The van der Waals surface area contributed by atoms with Crippen molar-refractivity contribution in [1.29, 1.82) is 0 Å². The van der Waals surface area contributed by atoms with Crippen LogP contribution in [-0.2, 0) is 0 Å². The van der Waals surface area contributed by atoms with Crippen molar-refractivity contribution in [2.75, 3.05) is 38.2 Å². The van der Waals surface area contributed by atoms with Crippen molar-refractivity contribution in [2.24, 2.45) is 0 Å². The van der Waals surface area contributed by atoms with Crippen LogP contribution in [0.1, 0.15) is 55.6 Å². The molecular formula is C28H33N7O3. The number of pyridine rings is 1. The molecule has 0 amide bonds. The fraction of sp³-hybridized carbons (Fsp3) is 0.429. The van der Waals surface area contributed by atoms with Crippen LogP contribution >= 0.6 is 0 Å². The van der Waals surface area contributed by atoms with Gasteiger partial charge >= 0.3 is 0 Å². The third-order valence-corrected chi connectivity index (χ3v) is 7.95. The standard InChI is InChI=1S/C28H33N7O3/c1-38-23-12-7-19-17-24(28(37)29-25(19)18-23)26(27-30-31-32-35(27)21-5-3-2-4-6-21)34-15-13-33(14-16-34)20-8-10-22(36)11-9-20/h7-12,17-18,21,26,36H,2-6,13-16H2,1H3,(H,29,37)/t26-/m0/s1. The number of phenols is 1. The summed E-state index contributed by atoms with van der Waals surface area (Å²) in [5.74, 6) is 1.69. The second-order valence-electron chi connectivity index (χ2n) is 10.2. The number of anilines is 1.